The third-order valence-corrected chi connectivity index (χ3v) is 9.59. The third kappa shape index (κ3) is 4.45. The van der Waals surface area contributed by atoms with Crippen molar-refractivity contribution < 1.29 is 28.6 Å². The molecule has 1 N–H and O–H groups in total. The van der Waals surface area contributed by atoms with Gasteiger partial charge in [0.2, 0.25) is 11.8 Å². The van der Waals surface area contributed by atoms with E-state index in [1.165, 1.54) is 13.8 Å². The van der Waals surface area contributed by atoms with E-state index in [-0.39, 0.29) is 36.8 Å². The van der Waals surface area contributed by atoms with E-state index in [1.54, 1.807) is 14.7 Å². The molecule has 0 unspecified atom stereocenters. The lowest BCUT2D eigenvalue weighted by Gasteiger charge is -2.33. The number of nitrogens with zero attached hydrogens (tertiary/aromatic N) is 3. The number of carbonyl (C=O) groups is 3. The quantitative estimate of drug-likeness (QED) is 0.516. The first kappa shape index (κ1) is 27.8. The fraction of sp³-hybridized carbons (Fsp3) is 0.531. The van der Waals surface area contributed by atoms with E-state index in [0.717, 1.165) is 24.1 Å². The highest BCUT2D eigenvalue weighted by Crippen LogP contribution is 2.58. The Hall–Kier alpha value is -3.30. The second-order valence-electron chi connectivity index (χ2n) is 12.4. The van der Waals surface area contributed by atoms with Crippen LogP contribution in [-0.4, -0.2) is 65.2 Å². The van der Waals surface area contributed by atoms with E-state index >= 15 is 4.39 Å². The summed E-state index contributed by atoms with van der Waals surface area (Å²) in [5.41, 5.74) is 0.0193. The Morgan fingerprint density at radius 2 is 1.85 bits per heavy atom. The second-order valence-corrected chi connectivity index (χ2v) is 12.4. The summed E-state index contributed by atoms with van der Waals surface area (Å²) in [5, 5.41) is 9.75. The zero-order valence-electron chi connectivity index (χ0n) is 23.9. The molecule has 3 saturated heterocycles. The Kier molecular flexibility index (Phi) is 6.93. The highest BCUT2D eigenvalue weighted by Gasteiger charge is 2.66. The highest BCUT2D eigenvalue weighted by atomic mass is 19.1. The number of aliphatic hydroxyl groups excluding tert-OH is 1. The molecule has 0 aliphatic carbocycles. The van der Waals surface area contributed by atoms with Crippen LogP contribution in [-0.2, 0) is 31.3 Å². The molecule has 8 nitrogen and oxygen atoms in total. The number of likely N-dealkylation sites (tertiary alicyclic amines) is 1. The number of carbonyl (C=O) groups excluding carboxylic acids is 3. The maximum absolute atomic E-state index is 15.9. The number of aliphatic hydroxyl groups is 1. The molecule has 0 saturated carbocycles. The zero-order chi connectivity index (χ0) is 29.1. The monoisotopic (exact) mass is 563 g/mol. The van der Waals surface area contributed by atoms with Gasteiger partial charge in [-0.1, -0.05) is 37.3 Å². The van der Waals surface area contributed by atoms with Gasteiger partial charge < -0.3 is 24.5 Å². The van der Waals surface area contributed by atoms with Crippen molar-refractivity contribution in [3.8, 4) is 0 Å². The molecule has 5 atom stereocenters. The van der Waals surface area contributed by atoms with E-state index in [2.05, 4.69) is 0 Å². The van der Waals surface area contributed by atoms with Gasteiger partial charge >= 0.3 is 0 Å². The first-order chi connectivity index (χ1) is 19.6. The number of amides is 3. The molecule has 9 heteroatoms. The van der Waals surface area contributed by atoms with Crippen molar-refractivity contribution in [2.24, 2.45) is 11.8 Å². The van der Waals surface area contributed by atoms with Crippen LogP contribution in [0.25, 0.3) is 0 Å². The number of ether oxygens (including phenoxy) is 1. The second kappa shape index (κ2) is 10.2. The van der Waals surface area contributed by atoms with Gasteiger partial charge in [0.15, 0.2) is 5.60 Å². The maximum atomic E-state index is 15.9. The van der Waals surface area contributed by atoms with Gasteiger partial charge in [0.25, 0.3) is 5.91 Å². The maximum Gasteiger partial charge on any atom is 0.264 e. The number of hydrogen-bond donors (Lipinski definition) is 1. The van der Waals surface area contributed by atoms with Crippen molar-refractivity contribution in [3.63, 3.8) is 0 Å². The van der Waals surface area contributed by atoms with Crippen molar-refractivity contribution in [2.45, 2.75) is 76.4 Å². The number of hydrogen-bond acceptors (Lipinski definition) is 5. The number of para-hydroxylation sites is 1. The lowest BCUT2D eigenvalue weighted by atomic mass is 9.71. The van der Waals surface area contributed by atoms with Crippen LogP contribution in [0.1, 0.15) is 57.6 Å². The van der Waals surface area contributed by atoms with E-state index in [4.69, 9.17) is 4.74 Å². The van der Waals surface area contributed by atoms with E-state index in [1.807, 2.05) is 55.5 Å². The van der Waals surface area contributed by atoms with Crippen molar-refractivity contribution in [2.75, 3.05) is 29.5 Å². The molecule has 0 bridgehead atoms. The number of alkyl halides is 1. The van der Waals surface area contributed by atoms with Crippen LogP contribution in [0, 0.1) is 11.8 Å². The van der Waals surface area contributed by atoms with Gasteiger partial charge in [-0.05, 0) is 50.5 Å². The zero-order valence-corrected chi connectivity index (χ0v) is 23.9. The molecule has 1 spiro atoms. The van der Waals surface area contributed by atoms with E-state index < -0.39 is 29.2 Å². The van der Waals surface area contributed by atoms with Gasteiger partial charge in [-0.25, -0.2) is 4.39 Å². The van der Waals surface area contributed by atoms with Gasteiger partial charge in [-0.3, -0.25) is 14.4 Å². The summed E-state index contributed by atoms with van der Waals surface area (Å²) in [6.45, 7) is 6.30. The number of halogens is 1. The van der Waals surface area contributed by atoms with Crippen LogP contribution < -0.4 is 9.80 Å². The standard InChI is InChI=1S/C32H38FN3O5/c1-20-29(31(2,3)33)26(17-28(39)34-15-6-7-23(34)19-37)41-32(20)24-8-4-5-9-25(24)36(30(32)40)18-21-10-12-22(13-11-21)35-16-14-27(35)38/h4-5,8-13,20,23,26,29,37H,6-7,14-19H2,1-3H3/t20-,23+,26+,29-,32+/m1/s1. The lowest BCUT2D eigenvalue weighted by Crippen LogP contribution is -2.45. The molecule has 2 aromatic carbocycles. The normalized spacial score (nSPS) is 29.4. The number of benzene rings is 2. The Labute approximate surface area is 240 Å². The molecule has 0 aromatic heterocycles. The van der Waals surface area contributed by atoms with E-state index in [9.17, 15) is 19.5 Å². The van der Waals surface area contributed by atoms with Crippen LogP contribution >= 0.6 is 0 Å². The Morgan fingerprint density at radius 3 is 2.49 bits per heavy atom. The predicted octanol–water partition coefficient (Wildman–Crippen LogP) is 3.94. The molecule has 2 aromatic rings. The molecule has 3 fully saturated rings. The Bertz CT molecular complexity index is 1360. The number of fused-ring (bicyclic) bond motifs is 2. The molecule has 3 amide bonds. The highest BCUT2D eigenvalue weighted by molar-refractivity contribution is 6.07. The largest absolute Gasteiger partial charge is 0.394 e. The topological polar surface area (TPSA) is 90.4 Å². The third-order valence-electron chi connectivity index (χ3n) is 9.59. The minimum atomic E-state index is -1.71. The summed E-state index contributed by atoms with van der Waals surface area (Å²) < 4.78 is 22.6. The molecule has 4 aliphatic heterocycles. The minimum Gasteiger partial charge on any atom is -0.394 e. The van der Waals surface area contributed by atoms with Gasteiger partial charge in [0.05, 0.1) is 37.4 Å². The minimum absolute atomic E-state index is 0.0489. The van der Waals surface area contributed by atoms with Crippen LogP contribution in [0.2, 0.25) is 0 Å². The smallest absolute Gasteiger partial charge is 0.264 e. The molecular weight excluding hydrogens is 525 g/mol. The van der Waals surface area contributed by atoms with Gasteiger partial charge in [-0.2, -0.15) is 0 Å². The summed E-state index contributed by atoms with van der Waals surface area (Å²) in [6.07, 6.45) is 1.26. The molecular formula is C32H38FN3O5. The Morgan fingerprint density at radius 1 is 1.12 bits per heavy atom. The Balaban J connectivity index is 1.31. The van der Waals surface area contributed by atoms with Crippen molar-refractivity contribution in [1.82, 2.24) is 4.90 Å². The summed E-state index contributed by atoms with van der Waals surface area (Å²) in [6, 6.07) is 14.9. The lowest BCUT2D eigenvalue weighted by molar-refractivity contribution is -0.150. The van der Waals surface area contributed by atoms with Crippen molar-refractivity contribution in [3.05, 3.63) is 59.7 Å². The first-order valence-electron chi connectivity index (χ1n) is 14.6. The fourth-order valence-electron chi connectivity index (χ4n) is 7.55. The molecule has 41 heavy (non-hydrogen) atoms. The average molecular weight is 564 g/mol. The van der Waals surface area contributed by atoms with E-state index in [0.29, 0.717) is 37.3 Å². The van der Waals surface area contributed by atoms with Crippen LogP contribution in [0.3, 0.4) is 0 Å². The average Bonchev–Trinajstić information content (AvgIpc) is 3.59. The van der Waals surface area contributed by atoms with Crippen LogP contribution in [0.4, 0.5) is 15.8 Å². The molecule has 0 radical (unpaired) electrons. The van der Waals surface area contributed by atoms with Gasteiger partial charge in [0, 0.05) is 42.6 Å². The number of anilines is 2. The number of rotatable bonds is 7. The van der Waals surface area contributed by atoms with Crippen LogP contribution in [0.15, 0.2) is 48.5 Å². The summed E-state index contributed by atoms with van der Waals surface area (Å²) in [5.74, 6) is -1.57. The fourth-order valence-corrected chi connectivity index (χ4v) is 7.55. The summed E-state index contributed by atoms with van der Waals surface area (Å²) in [7, 11) is 0. The molecule has 4 aliphatic rings. The summed E-state index contributed by atoms with van der Waals surface area (Å²) >= 11 is 0. The predicted molar refractivity (Wildman–Crippen MR) is 152 cm³/mol. The van der Waals surface area contributed by atoms with Gasteiger partial charge in [0.1, 0.15) is 5.67 Å². The van der Waals surface area contributed by atoms with Crippen molar-refractivity contribution >= 4 is 29.1 Å². The van der Waals surface area contributed by atoms with Gasteiger partial charge in [-0.15, -0.1) is 0 Å². The number of β-lactam (4-membered cyclic amide) rings is 1. The SMILES string of the molecule is C[C@@H]1[C@@H](C(C)(C)F)[C@H](CC(=O)N2CCC[C@H]2CO)O[C@@]12C(=O)N(Cc1ccc(N3CCC3=O)cc1)c1ccccc12. The molecule has 6 rings (SSSR count). The van der Waals surface area contributed by atoms with Crippen LogP contribution in [0.5, 0.6) is 0 Å². The molecule has 218 valence electrons. The summed E-state index contributed by atoms with van der Waals surface area (Å²) in [4.78, 5) is 44.8. The molecule has 4 heterocycles. The first-order valence-corrected chi connectivity index (χ1v) is 14.6. The van der Waals surface area contributed by atoms with Crippen molar-refractivity contribution in [1.29, 1.82) is 0 Å².